The number of nitrogens with one attached hydrogen (secondary N) is 1. The van der Waals surface area contributed by atoms with Crippen molar-refractivity contribution in [2.45, 2.75) is 39.7 Å². The van der Waals surface area contributed by atoms with E-state index in [0.717, 1.165) is 0 Å². The molecule has 0 unspecified atom stereocenters. The third-order valence-corrected chi connectivity index (χ3v) is 3.61. The van der Waals surface area contributed by atoms with E-state index in [4.69, 9.17) is 9.84 Å². The fraction of sp³-hybridized carbons (Fsp3) is 0.786. The third kappa shape index (κ3) is 4.91. The van der Waals surface area contributed by atoms with E-state index >= 15 is 0 Å². The van der Waals surface area contributed by atoms with Crippen LogP contribution in [-0.2, 0) is 14.3 Å². The van der Waals surface area contributed by atoms with Crippen molar-refractivity contribution in [1.29, 1.82) is 0 Å². The quantitative estimate of drug-likeness (QED) is 0.741. The van der Waals surface area contributed by atoms with Gasteiger partial charge in [-0.1, -0.05) is 13.8 Å². The highest BCUT2D eigenvalue weighted by molar-refractivity contribution is 5.83. The average Bonchev–Trinajstić information content (AvgIpc) is 2.44. The second-order valence-corrected chi connectivity index (χ2v) is 5.52. The number of urea groups is 1. The number of rotatable bonds is 5. The lowest BCUT2D eigenvalue weighted by molar-refractivity contribution is -0.149. The van der Waals surface area contributed by atoms with Crippen LogP contribution in [0.25, 0.3) is 0 Å². The molecule has 0 aliphatic carbocycles. The molecule has 1 aliphatic heterocycles. The molecule has 0 saturated carbocycles. The zero-order valence-electron chi connectivity index (χ0n) is 12.8. The minimum atomic E-state index is -1.04. The van der Waals surface area contributed by atoms with Gasteiger partial charge in [0, 0.05) is 13.1 Å². The van der Waals surface area contributed by atoms with Crippen LogP contribution < -0.4 is 5.32 Å². The van der Waals surface area contributed by atoms with Gasteiger partial charge in [-0.3, -0.25) is 4.79 Å². The minimum Gasteiger partial charge on any atom is -0.480 e. The number of carboxylic acid groups (broad SMARTS) is 1. The van der Waals surface area contributed by atoms with E-state index in [0.29, 0.717) is 32.5 Å². The van der Waals surface area contributed by atoms with Crippen molar-refractivity contribution in [2.75, 3.05) is 19.7 Å². The normalized spacial score (nSPS) is 17.4. The first-order valence-corrected chi connectivity index (χ1v) is 7.31. The van der Waals surface area contributed by atoms with Crippen molar-refractivity contribution in [3.8, 4) is 0 Å². The molecule has 0 bridgehead atoms. The minimum absolute atomic E-state index is 0.172. The highest BCUT2D eigenvalue weighted by atomic mass is 16.5. The van der Waals surface area contributed by atoms with Crippen molar-refractivity contribution >= 4 is 18.0 Å². The Morgan fingerprint density at radius 2 is 1.86 bits per heavy atom. The summed E-state index contributed by atoms with van der Waals surface area (Å²) < 4.78 is 4.97. The number of likely N-dealkylation sites (tertiary alicyclic amines) is 1. The molecule has 1 aliphatic rings. The van der Waals surface area contributed by atoms with Gasteiger partial charge in [-0.25, -0.2) is 9.59 Å². The van der Waals surface area contributed by atoms with Crippen LogP contribution in [0.1, 0.15) is 33.6 Å². The highest BCUT2D eigenvalue weighted by Gasteiger charge is 2.30. The molecule has 1 heterocycles. The summed E-state index contributed by atoms with van der Waals surface area (Å²) in [5, 5.41) is 11.6. The Balaban J connectivity index is 2.48. The smallest absolute Gasteiger partial charge is 0.326 e. The topological polar surface area (TPSA) is 95.9 Å². The SMILES string of the molecule is CCOC(=O)C1CCN(C(=O)N[C@H](C(=O)O)C(C)C)CC1. The van der Waals surface area contributed by atoms with Gasteiger partial charge in [0.1, 0.15) is 6.04 Å². The van der Waals surface area contributed by atoms with Crippen molar-refractivity contribution in [2.24, 2.45) is 11.8 Å². The van der Waals surface area contributed by atoms with Crippen LogP contribution in [-0.4, -0.2) is 53.7 Å². The number of esters is 1. The first-order chi connectivity index (χ1) is 9.86. The van der Waals surface area contributed by atoms with Gasteiger partial charge in [0.25, 0.3) is 0 Å². The molecule has 0 spiro atoms. The van der Waals surface area contributed by atoms with Crippen LogP contribution in [0, 0.1) is 11.8 Å². The zero-order valence-corrected chi connectivity index (χ0v) is 12.8. The molecule has 1 saturated heterocycles. The number of carboxylic acids is 1. The molecular weight excluding hydrogens is 276 g/mol. The van der Waals surface area contributed by atoms with E-state index in [1.165, 1.54) is 0 Å². The molecule has 21 heavy (non-hydrogen) atoms. The molecule has 7 nitrogen and oxygen atoms in total. The van der Waals surface area contributed by atoms with Crippen molar-refractivity contribution < 1.29 is 24.2 Å². The number of piperidine rings is 1. The fourth-order valence-corrected chi connectivity index (χ4v) is 2.32. The number of hydrogen-bond donors (Lipinski definition) is 2. The van der Waals surface area contributed by atoms with Crippen LogP contribution in [0.3, 0.4) is 0 Å². The Hall–Kier alpha value is -1.79. The lowest BCUT2D eigenvalue weighted by Crippen LogP contribution is -2.52. The van der Waals surface area contributed by atoms with Crippen LogP contribution in [0.15, 0.2) is 0 Å². The average molecular weight is 300 g/mol. The lowest BCUT2D eigenvalue weighted by atomic mass is 9.97. The molecule has 1 fully saturated rings. The first kappa shape index (κ1) is 17.3. The molecule has 1 atom stereocenters. The predicted octanol–water partition coefficient (Wildman–Crippen LogP) is 1.08. The maximum absolute atomic E-state index is 12.1. The number of hydrogen-bond acceptors (Lipinski definition) is 4. The van der Waals surface area contributed by atoms with E-state index in [1.807, 2.05) is 0 Å². The molecule has 1 rings (SSSR count). The molecule has 0 aromatic carbocycles. The predicted molar refractivity (Wildman–Crippen MR) is 75.7 cm³/mol. The number of nitrogens with zero attached hydrogens (tertiary/aromatic N) is 1. The summed E-state index contributed by atoms with van der Waals surface area (Å²) in [6, 6.07) is -1.29. The number of aliphatic carboxylic acids is 1. The van der Waals surface area contributed by atoms with Crippen LogP contribution in [0.4, 0.5) is 4.79 Å². The maximum atomic E-state index is 12.1. The Morgan fingerprint density at radius 1 is 1.29 bits per heavy atom. The van der Waals surface area contributed by atoms with Crippen molar-refractivity contribution in [3.63, 3.8) is 0 Å². The summed E-state index contributed by atoms with van der Waals surface area (Å²) in [5.74, 6) is -1.62. The number of carbonyl (C=O) groups excluding carboxylic acids is 2. The molecule has 7 heteroatoms. The summed E-state index contributed by atoms with van der Waals surface area (Å²) in [6.07, 6.45) is 1.09. The monoisotopic (exact) mass is 300 g/mol. The van der Waals surface area contributed by atoms with E-state index in [1.54, 1.807) is 25.7 Å². The van der Waals surface area contributed by atoms with Gasteiger partial charge in [0.15, 0.2) is 0 Å². The largest absolute Gasteiger partial charge is 0.480 e. The van der Waals surface area contributed by atoms with Gasteiger partial charge in [-0.05, 0) is 25.7 Å². The van der Waals surface area contributed by atoms with E-state index in [-0.39, 0.29) is 17.8 Å². The second kappa shape index (κ2) is 7.85. The Bertz CT molecular complexity index is 389. The highest BCUT2D eigenvalue weighted by Crippen LogP contribution is 2.19. The molecule has 0 aromatic heterocycles. The van der Waals surface area contributed by atoms with E-state index in [2.05, 4.69) is 5.32 Å². The summed E-state index contributed by atoms with van der Waals surface area (Å²) in [5.41, 5.74) is 0. The third-order valence-electron chi connectivity index (χ3n) is 3.61. The summed E-state index contributed by atoms with van der Waals surface area (Å²) in [6.45, 7) is 6.46. The molecule has 120 valence electrons. The van der Waals surface area contributed by atoms with Crippen LogP contribution >= 0.6 is 0 Å². The lowest BCUT2D eigenvalue weighted by Gasteiger charge is -2.32. The molecule has 2 amide bonds. The Morgan fingerprint density at radius 3 is 2.29 bits per heavy atom. The first-order valence-electron chi connectivity index (χ1n) is 7.31. The fourth-order valence-electron chi connectivity index (χ4n) is 2.32. The van der Waals surface area contributed by atoms with Gasteiger partial charge in [0.05, 0.1) is 12.5 Å². The Kier molecular flexibility index (Phi) is 6.45. The summed E-state index contributed by atoms with van der Waals surface area (Å²) >= 11 is 0. The number of carbonyl (C=O) groups is 3. The zero-order chi connectivity index (χ0) is 16.0. The second-order valence-electron chi connectivity index (χ2n) is 5.52. The van der Waals surface area contributed by atoms with Gasteiger partial charge in [0.2, 0.25) is 0 Å². The molecule has 0 radical (unpaired) electrons. The van der Waals surface area contributed by atoms with Crippen molar-refractivity contribution in [3.05, 3.63) is 0 Å². The van der Waals surface area contributed by atoms with E-state index < -0.39 is 18.0 Å². The Labute approximate surface area is 124 Å². The maximum Gasteiger partial charge on any atom is 0.326 e. The summed E-state index contributed by atoms with van der Waals surface area (Å²) in [7, 11) is 0. The van der Waals surface area contributed by atoms with Gasteiger partial charge in [-0.15, -0.1) is 0 Å². The molecule has 2 N–H and O–H groups in total. The van der Waals surface area contributed by atoms with Crippen molar-refractivity contribution in [1.82, 2.24) is 10.2 Å². The van der Waals surface area contributed by atoms with E-state index in [9.17, 15) is 14.4 Å². The molecular formula is C14H24N2O5. The number of amides is 2. The van der Waals surface area contributed by atoms with Crippen LogP contribution in [0.5, 0.6) is 0 Å². The van der Waals surface area contributed by atoms with Gasteiger partial charge in [-0.2, -0.15) is 0 Å². The molecule has 0 aromatic rings. The summed E-state index contributed by atoms with van der Waals surface area (Å²) in [4.78, 5) is 36.3. The standard InChI is InChI=1S/C14H24N2O5/c1-4-21-13(19)10-5-7-16(8-6-10)14(20)15-11(9(2)3)12(17)18/h9-11H,4-8H2,1-3H3,(H,15,20)(H,17,18)/t11-/m0/s1. The van der Waals surface area contributed by atoms with Gasteiger partial charge < -0.3 is 20.1 Å². The van der Waals surface area contributed by atoms with Crippen LogP contribution in [0.2, 0.25) is 0 Å². The number of ether oxygens (including phenoxy) is 1. The van der Waals surface area contributed by atoms with Gasteiger partial charge >= 0.3 is 18.0 Å².